The van der Waals surface area contributed by atoms with Crippen LogP contribution in [0.4, 0.5) is 27.8 Å². The minimum Gasteiger partial charge on any atom is -0.486 e. The number of anilines is 1. The highest BCUT2D eigenvalue weighted by molar-refractivity contribution is 6.39. The van der Waals surface area contributed by atoms with Gasteiger partial charge in [-0.1, -0.05) is 12.1 Å². The first-order chi connectivity index (χ1) is 17.4. The Kier molecular flexibility index (Phi) is 5.94. The number of pyridine rings is 1. The molecule has 14 heteroatoms. The third kappa shape index (κ3) is 4.02. The number of alkyl halides is 5. The zero-order valence-electron chi connectivity index (χ0n) is 19.7. The van der Waals surface area contributed by atoms with Crippen LogP contribution in [0.25, 0.3) is 10.8 Å². The number of para-hydroxylation sites is 1. The Hall–Kier alpha value is -3.26. The lowest BCUT2D eigenvalue weighted by Gasteiger charge is -2.39. The lowest BCUT2D eigenvalue weighted by molar-refractivity contribution is -0.204. The van der Waals surface area contributed by atoms with E-state index >= 15 is 0 Å². The van der Waals surface area contributed by atoms with Crippen LogP contribution in [-0.4, -0.2) is 49.9 Å². The van der Waals surface area contributed by atoms with Crippen LogP contribution >= 0.6 is 0 Å². The lowest BCUT2D eigenvalue weighted by atomic mass is 10.0. The van der Waals surface area contributed by atoms with Crippen molar-refractivity contribution in [3.63, 3.8) is 0 Å². The molecular weight excluding hydrogens is 519 g/mol. The van der Waals surface area contributed by atoms with Gasteiger partial charge in [-0.25, -0.2) is 4.68 Å². The zero-order chi connectivity index (χ0) is 26.8. The molecule has 0 spiro atoms. The van der Waals surface area contributed by atoms with Crippen LogP contribution in [-0.2, 0) is 22.9 Å². The van der Waals surface area contributed by atoms with Crippen molar-refractivity contribution in [3.05, 3.63) is 62.3 Å². The van der Waals surface area contributed by atoms with Crippen molar-refractivity contribution in [1.82, 2.24) is 14.3 Å². The Bertz CT molecular complexity index is 1500. The van der Waals surface area contributed by atoms with E-state index in [-0.39, 0.29) is 40.6 Å². The van der Waals surface area contributed by atoms with Gasteiger partial charge < -0.3 is 19.4 Å². The molecule has 1 N–H and O–H groups in total. The number of rotatable bonds is 4. The van der Waals surface area contributed by atoms with Gasteiger partial charge in [0.2, 0.25) is 0 Å². The molecule has 2 aromatic heterocycles. The number of aromatic nitrogens is 3. The Morgan fingerprint density at radius 3 is 2.62 bits per heavy atom. The van der Waals surface area contributed by atoms with E-state index in [0.29, 0.717) is 10.1 Å². The zero-order valence-corrected chi connectivity index (χ0v) is 20.7. The van der Waals surface area contributed by atoms with Gasteiger partial charge in [-0.2, -0.15) is 27.1 Å². The van der Waals surface area contributed by atoms with E-state index in [9.17, 15) is 31.5 Å². The fraction of sp³-hybridized carbons (Fsp3) is 0.435. The molecule has 1 saturated heterocycles. The fourth-order valence-electron chi connectivity index (χ4n) is 4.67. The first-order valence-corrected chi connectivity index (χ1v) is 12.5. The maximum Gasteiger partial charge on any atom is 0.410 e. The first-order valence-electron chi connectivity index (χ1n) is 11.3. The van der Waals surface area contributed by atoms with E-state index in [1.165, 1.54) is 19.2 Å². The van der Waals surface area contributed by atoms with Crippen molar-refractivity contribution in [2.75, 3.05) is 25.1 Å². The van der Waals surface area contributed by atoms with Crippen LogP contribution in [0, 0.1) is 0 Å². The summed E-state index contributed by atoms with van der Waals surface area (Å²) < 4.78 is 83.2. The number of hydrogen-bond acceptors (Lipinski definition) is 6. The van der Waals surface area contributed by atoms with Crippen LogP contribution in [0.2, 0.25) is 6.04 Å². The standard InChI is InChI=1S/C23H21F5N4O4Si/c1-12(13-4-3-5-16-18(13)36-10-21(16,24)25)29-19-15-9-32(17(33)8-14(15)20(34)31(2)30-19)22(23(26,27)28)11-35-6-7-37-22/h3-5,8-9,12H,6-7,10-11H2,1-2H3,(H,29,30)/t12-,22-/m1/s1. The first kappa shape index (κ1) is 25.4. The van der Waals surface area contributed by atoms with E-state index in [1.807, 2.05) is 0 Å². The number of halogens is 5. The van der Waals surface area contributed by atoms with Crippen LogP contribution in [0.15, 0.2) is 40.1 Å². The second kappa shape index (κ2) is 8.65. The SMILES string of the molecule is C[C@@H](Nc1nn(C)c(=O)c2cc(=O)n([C@]3(C(F)(F)F)COCC[Si]3)cc12)c1cccc2c1OCC2(F)F. The molecule has 2 aliphatic rings. The Balaban J connectivity index is 1.65. The molecule has 196 valence electrons. The number of aryl methyl sites for hydroxylation is 1. The highest BCUT2D eigenvalue weighted by Gasteiger charge is 2.58. The van der Waals surface area contributed by atoms with Gasteiger partial charge in [-0.15, -0.1) is 0 Å². The summed E-state index contributed by atoms with van der Waals surface area (Å²) in [5.41, 5.74) is -1.57. The molecule has 0 bridgehead atoms. The lowest BCUT2D eigenvalue weighted by Crippen LogP contribution is -2.60. The monoisotopic (exact) mass is 540 g/mol. The summed E-state index contributed by atoms with van der Waals surface area (Å²) in [6.45, 7) is 0.242. The molecular formula is C23H21F5N4O4Si. The number of ether oxygens (including phenoxy) is 2. The van der Waals surface area contributed by atoms with Crippen molar-refractivity contribution >= 4 is 26.1 Å². The number of benzene rings is 1. The molecule has 2 aliphatic heterocycles. The Morgan fingerprint density at radius 2 is 1.95 bits per heavy atom. The molecule has 3 aromatic rings. The summed E-state index contributed by atoms with van der Waals surface area (Å²) in [7, 11) is 0.658. The number of hydrogen-bond donors (Lipinski definition) is 1. The van der Waals surface area contributed by atoms with Gasteiger partial charge >= 0.3 is 12.1 Å². The maximum absolute atomic E-state index is 14.3. The minimum absolute atomic E-state index is 0.00176. The molecule has 2 atom stereocenters. The molecule has 8 nitrogen and oxygen atoms in total. The van der Waals surface area contributed by atoms with Gasteiger partial charge in [-0.3, -0.25) is 9.59 Å². The molecule has 5 rings (SSSR count). The van der Waals surface area contributed by atoms with Gasteiger partial charge in [0.1, 0.15) is 10.9 Å². The number of nitrogens with one attached hydrogen (secondary N) is 1. The molecule has 0 amide bonds. The van der Waals surface area contributed by atoms with Crippen LogP contribution in [0.3, 0.4) is 0 Å². The third-order valence-corrected chi connectivity index (χ3v) is 8.30. The van der Waals surface area contributed by atoms with Crippen LogP contribution in [0.1, 0.15) is 24.1 Å². The van der Waals surface area contributed by atoms with E-state index in [0.717, 1.165) is 16.9 Å². The van der Waals surface area contributed by atoms with E-state index in [1.54, 1.807) is 13.0 Å². The molecule has 1 fully saturated rings. The molecule has 0 aliphatic carbocycles. The average molecular weight is 541 g/mol. The van der Waals surface area contributed by atoms with Crippen molar-refractivity contribution in [3.8, 4) is 5.75 Å². The molecule has 37 heavy (non-hydrogen) atoms. The van der Waals surface area contributed by atoms with E-state index in [4.69, 9.17) is 9.47 Å². The molecule has 0 saturated carbocycles. The van der Waals surface area contributed by atoms with Crippen LogP contribution < -0.4 is 21.2 Å². The predicted molar refractivity (Wildman–Crippen MR) is 125 cm³/mol. The quantitative estimate of drug-likeness (QED) is 0.404. The Labute approximate surface area is 208 Å². The van der Waals surface area contributed by atoms with Gasteiger partial charge in [0, 0.05) is 36.9 Å². The van der Waals surface area contributed by atoms with E-state index < -0.39 is 57.2 Å². The summed E-state index contributed by atoms with van der Waals surface area (Å²) in [6.07, 6.45) is -3.82. The highest BCUT2D eigenvalue weighted by atomic mass is 28.2. The van der Waals surface area contributed by atoms with Gasteiger partial charge in [0.25, 0.3) is 11.1 Å². The van der Waals surface area contributed by atoms with Gasteiger partial charge in [0.05, 0.1) is 33.1 Å². The number of fused-ring (bicyclic) bond motifs is 2. The van der Waals surface area contributed by atoms with E-state index in [2.05, 4.69) is 10.4 Å². The average Bonchev–Trinajstić information content (AvgIpc) is 3.16. The summed E-state index contributed by atoms with van der Waals surface area (Å²) in [5.74, 6) is -3.15. The summed E-state index contributed by atoms with van der Waals surface area (Å²) in [6, 6.07) is 4.58. The van der Waals surface area contributed by atoms with Crippen molar-refractivity contribution in [2.24, 2.45) is 7.05 Å². The fourth-order valence-corrected chi connectivity index (χ4v) is 6.08. The van der Waals surface area contributed by atoms with Gasteiger partial charge in [-0.05, 0) is 19.0 Å². The molecule has 0 unspecified atom stereocenters. The van der Waals surface area contributed by atoms with Gasteiger partial charge in [0.15, 0.2) is 12.4 Å². The minimum atomic E-state index is -4.80. The summed E-state index contributed by atoms with van der Waals surface area (Å²) in [4.78, 5) is 25.7. The van der Waals surface area contributed by atoms with Crippen molar-refractivity contribution in [1.29, 1.82) is 0 Å². The highest BCUT2D eigenvalue weighted by Crippen LogP contribution is 2.45. The topological polar surface area (TPSA) is 87.4 Å². The second-order valence-corrected chi connectivity index (χ2v) is 10.7. The van der Waals surface area contributed by atoms with Crippen LogP contribution in [0.5, 0.6) is 5.75 Å². The summed E-state index contributed by atoms with van der Waals surface area (Å²) >= 11 is 0. The molecule has 1 aromatic carbocycles. The summed E-state index contributed by atoms with van der Waals surface area (Å²) in [5, 5.41) is 4.44. The second-order valence-electron chi connectivity index (χ2n) is 9.01. The number of nitrogens with zero attached hydrogens (tertiary/aromatic N) is 3. The van der Waals surface area contributed by atoms with Crippen molar-refractivity contribution in [2.45, 2.75) is 36.3 Å². The third-order valence-electron chi connectivity index (χ3n) is 6.60. The molecule has 4 heterocycles. The predicted octanol–water partition coefficient (Wildman–Crippen LogP) is 3.12. The normalized spacial score (nSPS) is 21.9. The smallest absolute Gasteiger partial charge is 0.410 e. The van der Waals surface area contributed by atoms with Crippen molar-refractivity contribution < 1.29 is 31.4 Å². The maximum atomic E-state index is 14.3. The largest absolute Gasteiger partial charge is 0.486 e. The Morgan fingerprint density at radius 1 is 1.19 bits per heavy atom. The molecule has 2 radical (unpaired) electrons.